The van der Waals surface area contributed by atoms with Crippen LogP contribution in [0.5, 0.6) is 5.75 Å². The molecule has 0 aliphatic carbocycles. The predicted molar refractivity (Wildman–Crippen MR) is 166 cm³/mol. The van der Waals surface area contributed by atoms with Crippen molar-refractivity contribution in [3.05, 3.63) is 95.3 Å². The molecule has 1 N–H and O–H groups in total. The van der Waals surface area contributed by atoms with Gasteiger partial charge in [0.25, 0.3) is 5.91 Å². The largest absolute Gasteiger partial charge is 0.497 e. The minimum Gasteiger partial charge on any atom is -0.497 e. The van der Waals surface area contributed by atoms with Gasteiger partial charge < -0.3 is 24.6 Å². The number of hydrogen-bond acceptors (Lipinski definition) is 8. The van der Waals surface area contributed by atoms with E-state index in [1.807, 2.05) is 55.5 Å². The summed E-state index contributed by atoms with van der Waals surface area (Å²) in [7, 11) is 0.973. The molecule has 9 nitrogen and oxygen atoms in total. The first-order valence-electron chi connectivity index (χ1n) is 13.5. The van der Waals surface area contributed by atoms with Gasteiger partial charge in [0.2, 0.25) is 0 Å². The molecule has 3 aromatic rings. The number of halogens is 1. The van der Waals surface area contributed by atoms with Crippen molar-refractivity contribution in [1.82, 2.24) is 5.32 Å². The molecule has 222 valence electrons. The Labute approximate surface area is 247 Å². The highest BCUT2D eigenvalue weighted by Gasteiger charge is 2.25. The van der Waals surface area contributed by atoms with Crippen molar-refractivity contribution in [1.29, 1.82) is 0 Å². The Bertz CT molecular complexity index is 1420. The van der Waals surface area contributed by atoms with Crippen molar-refractivity contribution in [3.63, 3.8) is 0 Å². The standard InChI is InChI=1S/C31H37FN4O5Si/c1-7-40-36-29(22(2)34-41-20-24-10-8-9-11-28(24)30(35-38-4)31(37)33-3)23-12-16-26(17-13-23)39-21-42(5,6)27-18-14-25(32)15-19-27/h8-19H,7,20-21H2,1-6H3,(H,33,37). The zero-order valence-electron chi connectivity index (χ0n) is 24.8. The third-order valence-corrected chi connectivity index (χ3v) is 9.06. The van der Waals surface area contributed by atoms with Gasteiger partial charge in [0, 0.05) is 23.7 Å². The van der Waals surface area contributed by atoms with E-state index in [4.69, 9.17) is 19.2 Å². The zero-order valence-corrected chi connectivity index (χ0v) is 25.8. The molecular formula is C31H37FN4O5Si. The van der Waals surface area contributed by atoms with Crippen molar-refractivity contribution in [3.8, 4) is 5.75 Å². The molecule has 0 spiro atoms. The van der Waals surface area contributed by atoms with Gasteiger partial charge >= 0.3 is 0 Å². The SMILES string of the molecule is CCON=C(C(C)=NOCc1ccccc1C(=NOC)C(=O)NC)c1ccc(OC[Si](C)(C)c2ccc(F)cc2)cc1. The average molecular weight is 593 g/mol. The maximum Gasteiger partial charge on any atom is 0.273 e. The predicted octanol–water partition coefficient (Wildman–Crippen LogP) is 4.79. The van der Waals surface area contributed by atoms with Gasteiger partial charge in [0.05, 0.1) is 6.23 Å². The number of oxime groups is 3. The molecule has 0 radical (unpaired) electrons. The number of ether oxygens (including phenoxy) is 1. The molecule has 3 aromatic carbocycles. The number of carbonyl (C=O) groups is 1. The third-order valence-electron chi connectivity index (χ3n) is 6.30. The monoisotopic (exact) mass is 592 g/mol. The molecule has 0 unspecified atom stereocenters. The van der Waals surface area contributed by atoms with Crippen LogP contribution in [-0.2, 0) is 25.9 Å². The van der Waals surface area contributed by atoms with E-state index in [2.05, 4.69) is 33.9 Å². The summed E-state index contributed by atoms with van der Waals surface area (Å²) < 4.78 is 19.5. The zero-order chi connectivity index (χ0) is 30.5. The summed E-state index contributed by atoms with van der Waals surface area (Å²) >= 11 is 0. The molecule has 0 fully saturated rings. The molecular weight excluding hydrogens is 555 g/mol. The number of carbonyl (C=O) groups excluding carboxylic acids is 1. The molecule has 3 rings (SSSR count). The van der Waals surface area contributed by atoms with Crippen LogP contribution in [0.3, 0.4) is 0 Å². The summed E-state index contributed by atoms with van der Waals surface area (Å²) in [4.78, 5) is 28.2. The second-order valence-corrected chi connectivity index (χ2v) is 14.5. The molecule has 11 heteroatoms. The van der Waals surface area contributed by atoms with Crippen molar-refractivity contribution >= 4 is 36.3 Å². The van der Waals surface area contributed by atoms with E-state index in [1.165, 1.54) is 26.3 Å². The minimum absolute atomic E-state index is 0.0790. The molecule has 42 heavy (non-hydrogen) atoms. The van der Waals surface area contributed by atoms with Crippen LogP contribution < -0.4 is 15.2 Å². The summed E-state index contributed by atoms with van der Waals surface area (Å²) in [6.45, 7) is 8.45. The number of hydrogen-bond donors (Lipinski definition) is 1. The third kappa shape index (κ3) is 8.74. The van der Waals surface area contributed by atoms with Crippen LogP contribution in [0.2, 0.25) is 13.1 Å². The molecule has 0 heterocycles. The van der Waals surface area contributed by atoms with Gasteiger partial charge in [-0.25, -0.2) is 4.39 Å². The lowest BCUT2D eigenvalue weighted by Gasteiger charge is -2.23. The fourth-order valence-electron chi connectivity index (χ4n) is 3.96. The van der Waals surface area contributed by atoms with Crippen LogP contribution in [0.1, 0.15) is 30.5 Å². The van der Waals surface area contributed by atoms with Gasteiger partial charge in [-0.2, -0.15) is 0 Å². The Morgan fingerprint density at radius 1 is 0.905 bits per heavy atom. The number of rotatable bonds is 14. The fraction of sp³-hybridized carbons (Fsp3) is 0.290. The first-order chi connectivity index (χ1) is 20.2. The van der Waals surface area contributed by atoms with Crippen molar-refractivity contribution < 1.29 is 28.4 Å². The van der Waals surface area contributed by atoms with Gasteiger partial charge in [-0.1, -0.05) is 70.1 Å². The van der Waals surface area contributed by atoms with Gasteiger partial charge in [0.1, 0.15) is 51.4 Å². The Morgan fingerprint density at radius 2 is 1.60 bits per heavy atom. The van der Waals surface area contributed by atoms with E-state index in [-0.39, 0.29) is 24.0 Å². The molecule has 0 aliphatic heterocycles. The second-order valence-electron chi connectivity index (χ2n) is 9.87. The molecule has 0 saturated carbocycles. The Kier molecular flexibility index (Phi) is 11.8. The van der Waals surface area contributed by atoms with E-state index in [9.17, 15) is 9.18 Å². The summed E-state index contributed by atoms with van der Waals surface area (Å²) in [5.74, 6) is 0.0819. The van der Waals surface area contributed by atoms with Crippen LogP contribution >= 0.6 is 0 Å². The number of amides is 1. The highest BCUT2D eigenvalue weighted by atomic mass is 28.3. The van der Waals surface area contributed by atoms with Crippen LogP contribution in [-0.4, -0.2) is 58.1 Å². The summed E-state index contributed by atoms with van der Waals surface area (Å²) in [6, 6.07) is 21.4. The lowest BCUT2D eigenvalue weighted by Crippen LogP contribution is -2.47. The molecule has 0 bridgehead atoms. The Balaban J connectivity index is 1.73. The van der Waals surface area contributed by atoms with Gasteiger partial charge in [-0.15, -0.1) is 0 Å². The normalized spacial score (nSPS) is 12.5. The number of likely N-dealkylation sites (N-methyl/N-ethyl adjacent to an activating group) is 1. The maximum absolute atomic E-state index is 13.3. The first-order valence-corrected chi connectivity index (χ1v) is 16.7. The second kappa shape index (κ2) is 15.5. The van der Waals surface area contributed by atoms with E-state index in [1.54, 1.807) is 19.1 Å². The summed E-state index contributed by atoms with van der Waals surface area (Å²) in [6.07, 6.45) is 0.546. The molecule has 0 saturated heterocycles. The molecule has 0 atom stereocenters. The van der Waals surface area contributed by atoms with Crippen LogP contribution in [0, 0.1) is 5.82 Å². The number of nitrogens with zero attached hydrogens (tertiary/aromatic N) is 3. The van der Waals surface area contributed by atoms with E-state index >= 15 is 0 Å². The van der Waals surface area contributed by atoms with Crippen molar-refractivity contribution in [2.45, 2.75) is 33.5 Å². The first kappa shape index (κ1) is 32.0. The average Bonchev–Trinajstić information content (AvgIpc) is 3.00. The lowest BCUT2D eigenvalue weighted by molar-refractivity contribution is -0.114. The highest BCUT2D eigenvalue weighted by molar-refractivity contribution is 6.89. The van der Waals surface area contributed by atoms with Gasteiger partial charge in [0.15, 0.2) is 5.71 Å². The van der Waals surface area contributed by atoms with Crippen LogP contribution in [0.15, 0.2) is 88.3 Å². The number of benzene rings is 3. The van der Waals surface area contributed by atoms with E-state index < -0.39 is 8.07 Å². The smallest absolute Gasteiger partial charge is 0.273 e. The van der Waals surface area contributed by atoms with Crippen molar-refractivity contribution in [2.75, 3.05) is 27.0 Å². The Morgan fingerprint density at radius 3 is 2.24 bits per heavy atom. The molecule has 0 aliphatic rings. The van der Waals surface area contributed by atoms with Crippen LogP contribution in [0.4, 0.5) is 4.39 Å². The summed E-state index contributed by atoms with van der Waals surface area (Å²) in [5, 5.41) is 16.1. The Hall–Kier alpha value is -4.51. The topological polar surface area (TPSA) is 103 Å². The quantitative estimate of drug-likeness (QED) is 0.165. The van der Waals surface area contributed by atoms with Crippen LogP contribution in [0.25, 0.3) is 0 Å². The van der Waals surface area contributed by atoms with Crippen molar-refractivity contribution in [2.24, 2.45) is 15.5 Å². The minimum atomic E-state index is -1.93. The molecule has 0 aromatic heterocycles. The van der Waals surface area contributed by atoms with E-state index in [0.29, 0.717) is 41.1 Å². The molecule has 1 amide bonds. The van der Waals surface area contributed by atoms with E-state index in [0.717, 1.165) is 10.8 Å². The summed E-state index contributed by atoms with van der Waals surface area (Å²) in [5.41, 5.74) is 3.16. The maximum atomic E-state index is 13.3. The van der Waals surface area contributed by atoms with Gasteiger partial charge in [-0.05, 0) is 50.2 Å². The van der Waals surface area contributed by atoms with Gasteiger partial charge in [-0.3, -0.25) is 4.79 Å². The number of nitrogens with one attached hydrogen (secondary N) is 1. The fourth-order valence-corrected chi connectivity index (χ4v) is 5.72. The lowest BCUT2D eigenvalue weighted by atomic mass is 10.0. The highest BCUT2D eigenvalue weighted by Crippen LogP contribution is 2.17.